The Labute approximate surface area is 843 Å². The first-order chi connectivity index (χ1) is 68.3. The summed E-state index contributed by atoms with van der Waals surface area (Å²) in [5, 5.41) is 64.5. The van der Waals surface area contributed by atoms with Crippen molar-refractivity contribution in [2.45, 2.75) is 93.3 Å². The van der Waals surface area contributed by atoms with Crippen LogP contribution < -0.4 is 28.7 Å². The zero-order chi connectivity index (χ0) is 98.9. The molecule has 17 heterocycles. The van der Waals surface area contributed by atoms with Crippen molar-refractivity contribution in [3.8, 4) is 89.5 Å². The molecule has 4 fully saturated rings. The minimum absolute atomic E-state index is 0.00863. The third kappa shape index (κ3) is 21.5. The highest BCUT2D eigenvalue weighted by molar-refractivity contribution is 9.11. The van der Waals surface area contributed by atoms with Gasteiger partial charge in [0, 0.05) is 187 Å². The lowest BCUT2D eigenvalue weighted by Gasteiger charge is -2.33. The smallest absolute Gasteiger partial charge is 0.253 e. The van der Waals surface area contributed by atoms with Crippen LogP contribution in [0.2, 0.25) is 0 Å². The Bertz CT molecular complexity index is 6740. The Morgan fingerprint density at radius 3 is 0.922 bits per heavy atom. The molecule has 3 atom stereocenters. The summed E-state index contributed by atoms with van der Waals surface area (Å²) in [7, 11) is -1.83. The number of likely N-dealkylation sites (tertiary alicyclic amines) is 3. The van der Waals surface area contributed by atoms with Gasteiger partial charge in [0.1, 0.15) is 29.3 Å². The number of rotatable bonds is 22. The maximum Gasteiger partial charge on any atom is 0.253 e. The van der Waals surface area contributed by atoms with Crippen LogP contribution in [0.3, 0.4) is 0 Å². The van der Waals surface area contributed by atoms with Gasteiger partial charge in [-0.15, -0.1) is 0 Å². The number of aromatic nitrogens is 17. The van der Waals surface area contributed by atoms with Gasteiger partial charge in [-0.2, -0.15) is 38.5 Å². The average Bonchev–Trinajstić information content (AvgIpc) is 1.71. The molecule has 37 nitrogen and oxygen atoms in total. The van der Waals surface area contributed by atoms with E-state index in [1.54, 1.807) is 80.4 Å². The highest BCUT2D eigenvalue weighted by Crippen LogP contribution is 2.44. The lowest BCUT2D eigenvalue weighted by atomic mass is 9.92. The second kappa shape index (κ2) is 44.5. The number of aliphatic hydroxyl groups is 5. The van der Waals surface area contributed by atoms with E-state index >= 15 is 0 Å². The quantitative estimate of drug-likeness (QED) is 0.0301. The molecular formula is C99H102Br4N26O11S. The van der Waals surface area contributed by atoms with Crippen molar-refractivity contribution in [2.24, 2.45) is 5.73 Å². The maximum absolute atomic E-state index is 12.5. The first-order valence-electron chi connectivity index (χ1n) is 45.8. The second-order valence-electron chi connectivity index (χ2n) is 34.5. The largest absolute Gasteiger partial charge is 0.394 e. The number of nitrogens with zero attached hydrogens (tertiary/aromatic N) is 21. The number of carbonyl (C=O) groups excluding carboxylic acids is 3. The molecule has 0 spiro atoms. The van der Waals surface area contributed by atoms with Crippen molar-refractivity contribution in [1.29, 1.82) is 0 Å². The van der Waals surface area contributed by atoms with Gasteiger partial charge in [0.15, 0.2) is 34.8 Å². The molecule has 728 valence electrons. The van der Waals surface area contributed by atoms with E-state index in [0.29, 0.717) is 155 Å². The number of hydrogen-bond donors (Lipinski definition) is 10. The number of carbonyl (C=O) groups is 3. The van der Waals surface area contributed by atoms with Crippen LogP contribution in [0.4, 0.5) is 23.3 Å². The second-order valence-corrected chi connectivity index (χ2v) is 39.8. The molecule has 16 aromatic rings. The third-order valence-electron chi connectivity index (χ3n) is 25.8. The highest BCUT2D eigenvalue weighted by Gasteiger charge is 2.37. The number of amides is 3. The van der Waals surface area contributed by atoms with E-state index in [1.165, 1.54) is 7.11 Å². The van der Waals surface area contributed by atoms with Crippen LogP contribution in [0.5, 0.6) is 0 Å². The van der Waals surface area contributed by atoms with E-state index < -0.39 is 53.3 Å². The number of hydrogen-bond acceptors (Lipinski definition) is 29. The van der Waals surface area contributed by atoms with E-state index in [0.717, 1.165) is 125 Å². The fourth-order valence-corrected chi connectivity index (χ4v) is 21.6. The number of nitrogens with two attached hydrogens (primary N) is 5. The van der Waals surface area contributed by atoms with Crippen molar-refractivity contribution < 1.29 is 53.1 Å². The summed E-state index contributed by atoms with van der Waals surface area (Å²) >= 11 is 14.4. The minimum Gasteiger partial charge on any atom is -0.394 e. The van der Waals surface area contributed by atoms with E-state index in [9.17, 15) is 38.1 Å². The number of sulfonamides is 1. The lowest BCUT2D eigenvalue weighted by molar-refractivity contribution is -0.143. The van der Waals surface area contributed by atoms with Gasteiger partial charge in [0.05, 0.1) is 120 Å². The van der Waals surface area contributed by atoms with Crippen molar-refractivity contribution in [3.05, 3.63) is 254 Å². The minimum atomic E-state index is -3.33. The topological polar surface area (TPSA) is 524 Å². The van der Waals surface area contributed by atoms with Gasteiger partial charge in [-0.05, 0) is 151 Å². The number of halogens is 4. The molecule has 3 amide bonds. The number of aliphatic hydroxyl groups excluding tert-OH is 5. The molecule has 141 heavy (non-hydrogen) atoms. The fraction of sp³-hybridized carbons (Fsp3) is 0.293. The van der Waals surface area contributed by atoms with Crippen LogP contribution in [0.15, 0.2) is 232 Å². The molecule has 15 N–H and O–H groups in total. The molecule has 4 aliphatic rings. The first kappa shape index (κ1) is 99.6. The van der Waals surface area contributed by atoms with E-state index in [2.05, 4.69) is 109 Å². The Kier molecular flexibility index (Phi) is 31.4. The van der Waals surface area contributed by atoms with Gasteiger partial charge in [-0.25, -0.2) is 32.7 Å². The number of piperidine rings is 4. The van der Waals surface area contributed by atoms with E-state index in [4.69, 9.17) is 63.6 Å². The number of nitrogen functional groups attached to an aromatic ring is 4. The molecule has 0 radical (unpaired) electrons. The predicted octanol–water partition coefficient (Wildman–Crippen LogP) is 11.9. The van der Waals surface area contributed by atoms with Crippen LogP contribution in [-0.2, 0) is 29.1 Å². The molecular weight excluding hydrogens is 2080 g/mol. The monoisotopic (exact) mass is 2180 g/mol. The standard InChI is InChI=1S/C25H26BrN7O2.C25H27BrN6O3S.C25H25BrN6O3.C24H24BrN7O3/c26-21-22(16-8-10-32(11-9-16)25(35)19(27)14-34)31-24-18(13-30-33(24)23(21)28)17-6-7-20(29-12-17)15-4-2-1-3-5-15;1-35-13-14-36(33,34)31-11-9-18(10-12-31)23-22(26)24(27)32-25(30-23)20(16-29-32)19-7-8-21(28-15-19)17-5-3-2-4-6-17;26-21-22(16-8-10-31(11-9-16)25(35)20(34)14-33)30-24-18(13-29-32(24)23(21)27)17-6-7-19(28-12-17)15-4-2-1-3-5-15;25-20-21(14-5-8-31(9-6-14)24(35)19(34)13-33)30-23-17(12-29-32(23)22(20)26)15-3-4-18(28-11-15)16-2-1-7-27-10-16/h1-7,12-13,16,19,34H,8-11,14,27-28H2;2-8,15-16,18H,9-14,27H2,1H3;1-7,12-13,16,20,33-34H,8-11,14,27H2;1-4,7,10-12,14,19,33-34H,5-6,8-9,13,26H2. The number of fused-ring (bicyclic) bond motifs is 4. The summed E-state index contributed by atoms with van der Waals surface area (Å²) in [6.07, 6.45) is 20.4. The number of ether oxygens (including phenoxy) is 1. The summed E-state index contributed by atoms with van der Waals surface area (Å²) in [6, 6.07) is 48.8. The Hall–Kier alpha value is -13.0. The maximum atomic E-state index is 12.5. The highest BCUT2D eigenvalue weighted by atomic mass is 79.9. The van der Waals surface area contributed by atoms with Crippen LogP contribution >= 0.6 is 63.7 Å². The molecule has 20 rings (SSSR count). The van der Waals surface area contributed by atoms with E-state index in [1.807, 2.05) is 170 Å². The predicted molar refractivity (Wildman–Crippen MR) is 549 cm³/mol. The number of anilines is 4. The molecule has 0 saturated carbocycles. The van der Waals surface area contributed by atoms with E-state index in [-0.39, 0.29) is 48.5 Å². The summed E-state index contributed by atoms with van der Waals surface area (Å²) < 4.78 is 40.9. The zero-order valence-corrected chi connectivity index (χ0v) is 83.6. The normalized spacial score (nSPS) is 15.5. The summed E-state index contributed by atoms with van der Waals surface area (Å²) in [6.45, 7) is 2.51. The zero-order valence-electron chi connectivity index (χ0n) is 76.5. The van der Waals surface area contributed by atoms with Crippen molar-refractivity contribution in [2.75, 3.05) is 115 Å². The molecule has 4 saturated heterocycles. The Morgan fingerprint density at radius 1 is 0.376 bits per heavy atom. The van der Waals surface area contributed by atoms with Crippen LogP contribution in [0.25, 0.3) is 112 Å². The van der Waals surface area contributed by atoms with Crippen LogP contribution in [-0.4, -0.2) is 264 Å². The summed E-state index contributed by atoms with van der Waals surface area (Å²) in [5.74, 6) is 1.05. The average molecular weight is 2180 g/mol. The summed E-state index contributed by atoms with van der Waals surface area (Å²) in [5.41, 5.74) is 51.8. The van der Waals surface area contributed by atoms with Crippen molar-refractivity contribution >= 4 is 137 Å². The third-order valence-corrected chi connectivity index (χ3v) is 30.9. The molecule has 3 unspecified atom stereocenters. The van der Waals surface area contributed by atoms with Gasteiger partial charge < -0.3 is 73.6 Å². The van der Waals surface area contributed by atoms with Crippen LogP contribution in [0, 0.1) is 0 Å². The van der Waals surface area contributed by atoms with Crippen LogP contribution in [0.1, 0.15) is 97.8 Å². The molecule has 42 heteroatoms. The number of methoxy groups -OCH3 is 1. The molecule has 0 aliphatic carbocycles. The number of pyridine rings is 5. The first-order valence-corrected chi connectivity index (χ1v) is 50.6. The SMILES string of the molecule is COCCS(=O)(=O)N1CCC(c2nc3c(-c4ccc(-c5ccccc5)nc4)cnn3c(N)c2Br)CC1.Nc1c(Br)c(C2CCN(C(=O)C(N)CO)CC2)nc2c(-c3ccc(-c4ccccc4)nc3)cnn12.Nc1c(Br)c(C2CCN(C(=O)C(O)CO)CC2)nc2c(-c3ccc(-c4ccccc4)nc3)cnn12.Nc1c(Br)c(C2CCN(C(=O)C(O)CO)CC2)nc2c(-c3ccc(-c4cccnc4)nc3)cnn12. The van der Waals surface area contributed by atoms with Gasteiger partial charge in [-0.1, -0.05) is 115 Å². The molecule has 4 aliphatic heterocycles. The van der Waals surface area contributed by atoms with Gasteiger partial charge in [0.2, 0.25) is 15.9 Å². The Morgan fingerprint density at radius 2 is 0.660 bits per heavy atom. The molecule has 13 aromatic heterocycles. The van der Waals surface area contributed by atoms with Gasteiger partial charge in [-0.3, -0.25) is 39.3 Å². The van der Waals surface area contributed by atoms with Crippen molar-refractivity contribution in [1.82, 2.24) is 102 Å². The van der Waals surface area contributed by atoms with Gasteiger partial charge >= 0.3 is 0 Å². The van der Waals surface area contributed by atoms with Gasteiger partial charge in [0.25, 0.3) is 11.8 Å². The molecule has 0 bridgehead atoms. The number of benzene rings is 3. The lowest BCUT2D eigenvalue weighted by Crippen LogP contribution is -2.48. The summed E-state index contributed by atoms with van der Waals surface area (Å²) in [4.78, 5) is 84.1. The molecule has 3 aromatic carbocycles. The fourth-order valence-electron chi connectivity index (χ4n) is 17.9. The van der Waals surface area contributed by atoms with Crippen molar-refractivity contribution in [3.63, 3.8) is 0 Å². The Balaban J connectivity index is 0.000000130.